The van der Waals surface area contributed by atoms with Crippen LogP contribution in [-0.2, 0) is 0 Å². The van der Waals surface area contributed by atoms with Crippen molar-refractivity contribution in [2.24, 2.45) is 0 Å². The number of methoxy groups -OCH3 is 3. The first-order valence-corrected chi connectivity index (χ1v) is 9.09. The first-order valence-electron chi connectivity index (χ1n) is 9.09. The smallest absolute Gasteiger partial charge is 0.197 e. The minimum Gasteiger partial charge on any atom is -0.496 e. The maximum atomic E-state index is 14.8. The van der Waals surface area contributed by atoms with Crippen molar-refractivity contribution in [3.05, 3.63) is 52.8 Å². The average molecular weight is 404 g/mol. The Morgan fingerprint density at radius 1 is 0.897 bits per heavy atom. The molecule has 1 aliphatic rings. The highest BCUT2D eigenvalue weighted by Gasteiger charge is 2.31. The molecule has 0 saturated carbocycles. The van der Waals surface area contributed by atoms with Gasteiger partial charge in [-0.15, -0.1) is 0 Å². The molecule has 1 aliphatic heterocycles. The highest BCUT2D eigenvalue weighted by Crippen LogP contribution is 2.44. The van der Waals surface area contributed by atoms with Crippen molar-refractivity contribution in [2.75, 3.05) is 21.3 Å². The van der Waals surface area contributed by atoms with Gasteiger partial charge in [-0.3, -0.25) is 0 Å². The van der Waals surface area contributed by atoms with Crippen molar-refractivity contribution in [1.82, 2.24) is 0 Å². The monoisotopic (exact) mass is 404 g/mol. The molecule has 0 aromatic heterocycles. The van der Waals surface area contributed by atoms with Gasteiger partial charge in [0.15, 0.2) is 17.3 Å². The summed E-state index contributed by atoms with van der Waals surface area (Å²) in [6, 6.07) is 6.11. The second kappa shape index (κ2) is 7.93. The van der Waals surface area contributed by atoms with E-state index in [9.17, 15) is 14.6 Å². The molecule has 2 atom stereocenters. The van der Waals surface area contributed by atoms with Crippen LogP contribution in [0, 0.1) is 5.82 Å². The van der Waals surface area contributed by atoms with Gasteiger partial charge in [-0.05, 0) is 50.3 Å². The van der Waals surface area contributed by atoms with Crippen LogP contribution in [0.15, 0.2) is 30.3 Å². The van der Waals surface area contributed by atoms with E-state index in [-0.39, 0.29) is 17.1 Å². The van der Waals surface area contributed by atoms with Crippen molar-refractivity contribution in [1.29, 1.82) is 0 Å². The zero-order valence-corrected chi connectivity index (χ0v) is 17.0. The van der Waals surface area contributed by atoms with Crippen LogP contribution in [0.1, 0.15) is 42.7 Å². The number of hydrogen-bond donors (Lipinski definition) is 2. The lowest BCUT2D eigenvalue weighted by atomic mass is 9.93. The fourth-order valence-electron chi connectivity index (χ4n) is 3.38. The zero-order chi connectivity index (χ0) is 21.3. The van der Waals surface area contributed by atoms with Gasteiger partial charge in [0.05, 0.1) is 26.9 Å². The number of benzene rings is 2. The lowest BCUT2D eigenvalue weighted by molar-refractivity contribution is 0.0133. The van der Waals surface area contributed by atoms with Crippen LogP contribution in [0.5, 0.6) is 23.0 Å². The molecule has 3 rings (SSSR count). The van der Waals surface area contributed by atoms with Gasteiger partial charge in [-0.1, -0.05) is 0 Å². The Labute approximate surface area is 169 Å². The fourth-order valence-corrected chi connectivity index (χ4v) is 3.38. The standard InChI is InChI=1S/C22H25FO6/c1-22(2)11-10-12-15(29-22)8-7-14(20(12)27-4)19(25)18(24)13-6-9-16(26-3)21(28-5)17(13)23/h6-11,18-19,24-25H,1-5H3/t18-,19-/m0/s1. The normalized spacial score (nSPS) is 16.4. The van der Waals surface area contributed by atoms with E-state index < -0.39 is 23.6 Å². The summed E-state index contributed by atoms with van der Waals surface area (Å²) in [4.78, 5) is 0. The Morgan fingerprint density at radius 3 is 2.14 bits per heavy atom. The molecule has 0 amide bonds. The van der Waals surface area contributed by atoms with E-state index >= 15 is 0 Å². The predicted molar refractivity (Wildman–Crippen MR) is 106 cm³/mol. The summed E-state index contributed by atoms with van der Waals surface area (Å²) in [5.41, 5.74) is 0.354. The van der Waals surface area contributed by atoms with Gasteiger partial charge in [0.2, 0.25) is 0 Å². The first kappa shape index (κ1) is 21.0. The first-order chi connectivity index (χ1) is 13.7. The number of aliphatic hydroxyl groups is 2. The molecule has 0 unspecified atom stereocenters. The maximum Gasteiger partial charge on any atom is 0.197 e. The number of hydrogen-bond acceptors (Lipinski definition) is 6. The van der Waals surface area contributed by atoms with Crippen molar-refractivity contribution in [3.8, 4) is 23.0 Å². The SMILES string of the molecule is COc1ccc([C@H](O)[C@@H](O)c2ccc3c(c2OC)C=CC(C)(C)O3)c(F)c1OC. The number of rotatable bonds is 6. The highest BCUT2D eigenvalue weighted by atomic mass is 19.1. The van der Waals surface area contributed by atoms with Gasteiger partial charge >= 0.3 is 0 Å². The predicted octanol–water partition coefficient (Wildman–Crippen LogP) is 3.80. The van der Waals surface area contributed by atoms with Crippen LogP contribution < -0.4 is 18.9 Å². The van der Waals surface area contributed by atoms with E-state index in [1.807, 2.05) is 26.0 Å². The van der Waals surface area contributed by atoms with Crippen LogP contribution in [0.2, 0.25) is 0 Å². The minimum atomic E-state index is -1.56. The summed E-state index contributed by atoms with van der Waals surface area (Å²) in [5.74, 6) is 0.179. The second-order valence-electron chi connectivity index (χ2n) is 7.23. The molecule has 0 bridgehead atoms. The number of halogens is 1. The lowest BCUT2D eigenvalue weighted by Gasteiger charge is -2.30. The molecule has 0 fully saturated rings. The van der Waals surface area contributed by atoms with Crippen molar-refractivity contribution >= 4 is 6.08 Å². The molecule has 0 saturated heterocycles. The van der Waals surface area contributed by atoms with Gasteiger partial charge in [0, 0.05) is 11.1 Å². The Kier molecular flexibility index (Phi) is 5.73. The Balaban J connectivity index is 2.02. The Bertz CT molecular complexity index is 937. The summed E-state index contributed by atoms with van der Waals surface area (Å²) in [5, 5.41) is 21.6. The molecule has 2 aromatic carbocycles. The summed E-state index contributed by atoms with van der Waals surface area (Å²) in [6.45, 7) is 3.84. The number of ether oxygens (including phenoxy) is 4. The van der Waals surface area contributed by atoms with Gasteiger partial charge in [0.25, 0.3) is 0 Å². The van der Waals surface area contributed by atoms with Crippen molar-refractivity contribution in [3.63, 3.8) is 0 Å². The van der Waals surface area contributed by atoms with E-state index in [4.69, 9.17) is 18.9 Å². The van der Waals surface area contributed by atoms with Crippen molar-refractivity contribution < 1.29 is 33.6 Å². The third-order valence-corrected chi connectivity index (χ3v) is 4.87. The topological polar surface area (TPSA) is 77.4 Å². The highest BCUT2D eigenvalue weighted by molar-refractivity contribution is 5.69. The molecule has 156 valence electrons. The summed E-state index contributed by atoms with van der Waals surface area (Å²) in [7, 11) is 4.15. The zero-order valence-electron chi connectivity index (χ0n) is 17.0. The molecule has 29 heavy (non-hydrogen) atoms. The third kappa shape index (κ3) is 3.75. The van der Waals surface area contributed by atoms with Crippen LogP contribution in [0.4, 0.5) is 4.39 Å². The molecule has 6 nitrogen and oxygen atoms in total. The maximum absolute atomic E-state index is 14.8. The Morgan fingerprint density at radius 2 is 1.52 bits per heavy atom. The largest absolute Gasteiger partial charge is 0.496 e. The molecule has 1 heterocycles. The lowest BCUT2D eigenvalue weighted by Crippen LogP contribution is -2.27. The van der Waals surface area contributed by atoms with E-state index in [0.717, 1.165) is 0 Å². The Hall–Kier alpha value is -2.77. The molecule has 2 N–H and O–H groups in total. The summed E-state index contributed by atoms with van der Waals surface area (Å²) < 4.78 is 36.4. The van der Waals surface area contributed by atoms with Gasteiger partial charge in [-0.25, -0.2) is 4.39 Å². The number of aliphatic hydroxyl groups excluding tert-OH is 2. The minimum absolute atomic E-state index is 0.122. The van der Waals surface area contributed by atoms with E-state index in [1.165, 1.54) is 33.5 Å². The summed E-state index contributed by atoms with van der Waals surface area (Å²) in [6.07, 6.45) is 0.702. The van der Waals surface area contributed by atoms with Crippen LogP contribution in [-0.4, -0.2) is 37.1 Å². The van der Waals surface area contributed by atoms with Gasteiger partial charge in [0.1, 0.15) is 29.3 Å². The molecule has 2 aromatic rings. The van der Waals surface area contributed by atoms with E-state index in [1.54, 1.807) is 12.1 Å². The van der Waals surface area contributed by atoms with Crippen LogP contribution in [0.3, 0.4) is 0 Å². The quantitative estimate of drug-likeness (QED) is 0.763. The molecule has 7 heteroatoms. The second-order valence-corrected chi connectivity index (χ2v) is 7.23. The summed E-state index contributed by atoms with van der Waals surface area (Å²) >= 11 is 0. The van der Waals surface area contributed by atoms with Gasteiger partial charge in [-0.2, -0.15) is 0 Å². The van der Waals surface area contributed by atoms with Crippen LogP contribution >= 0.6 is 0 Å². The average Bonchev–Trinajstić information content (AvgIpc) is 2.70. The third-order valence-electron chi connectivity index (χ3n) is 4.87. The molecule has 0 aliphatic carbocycles. The molecule has 0 spiro atoms. The molecular formula is C22H25FO6. The number of fused-ring (bicyclic) bond motifs is 1. The fraction of sp³-hybridized carbons (Fsp3) is 0.364. The van der Waals surface area contributed by atoms with Crippen molar-refractivity contribution in [2.45, 2.75) is 31.7 Å². The molecular weight excluding hydrogens is 379 g/mol. The van der Waals surface area contributed by atoms with Gasteiger partial charge < -0.3 is 29.2 Å². The molecule has 0 radical (unpaired) electrons. The van der Waals surface area contributed by atoms with E-state index in [0.29, 0.717) is 22.6 Å². The van der Waals surface area contributed by atoms with Crippen LogP contribution in [0.25, 0.3) is 6.08 Å². The van der Waals surface area contributed by atoms with E-state index in [2.05, 4.69) is 0 Å².